The van der Waals surface area contributed by atoms with Crippen molar-refractivity contribution in [2.75, 3.05) is 7.11 Å². The van der Waals surface area contributed by atoms with E-state index in [1.54, 1.807) is 18.2 Å². The molecule has 2 rings (SSSR count). The predicted molar refractivity (Wildman–Crippen MR) is 71.6 cm³/mol. The second-order valence-corrected chi connectivity index (χ2v) is 4.21. The van der Waals surface area contributed by atoms with Crippen LogP contribution in [0.5, 0.6) is 11.5 Å². The summed E-state index contributed by atoms with van der Waals surface area (Å²) < 4.78 is 37.5. The van der Waals surface area contributed by atoms with Crippen LogP contribution < -0.4 is 15.2 Å². The molecular formula is C15H15F2NO2. The van der Waals surface area contributed by atoms with Crippen LogP contribution in [0.4, 0.5) is 8.78 Å². The third-order valence-electron chi connectivity index (χ3n) is 2.88. The summed E-state index contributed by atoms with van der Waals surface area (Å²) in [6.45, 7) is 0.193. The largest absolute Gasteiger partial charge is 0.497 e. The second-order valence-electron chi connectivity index (χ2n) is 4.21. The van der Waals surface area contributed by atoms with Crippen molar-refractivity contribution in [2.45, 2.75) is 13.2 Å². The van der Waals surface area contributed by atoms with E-state index in [4.69, 9.17) is 15.2 Å². The minimum Gasteiger partial charge on any atom is -0.497 e. The van der Waals surface area contributed by atoms with Crippen molar-refractivity contribution in [3.05, 3.63) is 59.2 Å². The fourth-order valence-electron chi connectivity index (χ4n) is 1.72. The van der Waals surface area contributed by atoms with Gasteiger partial charge in [0, 0.05) is 18.2 Å². The fourth-order valence-corrected chi connectivity index (χ4v) is 1.72. The van der Waals surface area contributed by atoms with Gasteiger partial charge in [-0.2, -0.15) is 0 Å². The quantitative estimate of drug-likeness (QED) is 0.915. The Balaban J connectivity index is 2.09. The van der Waals surface area contributed by atoms with E-state index >= 15 is 0 Å². The van der Waals surface area contributed by atoms with Gasteiger partial charge in [-0.3, -0.25) is 0 Å². The van der Waals surface area contributed by atoms with Crippen LogP contribution >= 0.6 is 0 Å². The molecule has 0 atom stereocenters. The number of nitrogens with two attached hydrogens (primary N) is 1. The van der Waals surface area contributed by atoms with Crippen LogP contribution in [0.3, 0.4) is 0 Å². The SMILES string of the molecule is COc1ccc(COc2ccc(CN)cc2F)c(F)c1. The molecule has 2 aromatic rings. The topological polar surface area (TPSA) is 44.5 Å². The standard InChI is InChI=1S/C15H15F2NO2/c1-19-12-4-3-11(13(16)7-12)9-20-15-5-2-10(8-18)6-14(15)17/h2-7H,8-9,18H2,1H3. The summed E-state index contributed by atoms with van der Waals surface area (Å²) in [4.78, 5) is 0. The van der Waals surface area contributed by atoms with Gasteiger partial charge in [-0.25, -0.2) is 8.78 Å². The van der Waals surface area contributed by atoms with Gasteiger partial charge in [-0.15, -0.1) is 0 Å². The Morgan fingerprint density at radius 3 is 2.45 bits per heavy atom. The Bertz CT molecular complexity index is 549. The summed E-state index contributed by atoms with van der Waals surface area (Å²) in [5.41, 5.74) is 6.41. The average Bonchev–Trinajstić information content (AvgIpc) is 2.46. The summed E-state index contributed by atoms with van der Waals surface area (Å²) in [7, 11) is 1.46. The van der Waals surface area contributed by atoms with Crippen molar-refractivity contribution in [1.29, 1.82) is 0 Å². The second kappa shape index (κ2) is 6.34. The molecule has 0 bridgehead atoms. The predicted octanol–water partition coefficient (Wildman–Crippen LogP) is 3.01. The van der Waals surface area contributed by atoms with Crippen LogP contribution in [0.15, 0.2) is 36.4 Å². The van der Waals surface area contributed by atoms with Gasteiger partial charge in [-0.05, 0) is 29.8 Å². The van der Waals surface area contributed by atoms with E-state index in [1.807, 2.05) is 0 Å². The lowest BCUT2D eigenvalue weighted by Gasteiger charge is -2.09. The maximum Gasteiger partial charge on any atom is 0.165 e. The van der Waals surface area contributed by atoms with E-state index in [9.17, 15) is 8.78 Å². The summed E-state index contributed by atoms with van der Waals surface area (Å²) in [5.74, 6) is -0.479. The molecule has 0 aliphatic carbocycles. The van der Waals surface area contributed by atoms with Crippen LogP contribution in [0.25, 0.3) is 0 Å². The lowest BCUT2D eigenvalue weighted by atomic mass is 10.2. The van der Waals surface area contributed by atoms with E-state index in [-0.39, 0.29) is 18.9 Å². The number of ether oxygens (including phenoxy) is 2. The molecule has 0 aromatic heterocycles. The van der Waals surface area contributed by atoms with E-state index in [2.05, 4.69) is 0 Å². The Morgan fingerprint density at radius 2 is 1.85 bits per heavy atom. The number of benzene rings is 2. The van der Waals surface area contributed by atoms with Crippen LogP contribution in [-0.4, -0.2) is 7.11 Å². The number of rotatable bonds is 5. The Hall–Kier alpha value is -2.14. The van der Waals surface area contributed by atoms with E-state index in [1.165, 1.54) is 25.3 Å². The molecule has 0 aliphatic heterocycles. The lowest BCUT2D eigenvalue weighted by molar-refractivity contribution is 0.284. The first-order chi connectivity index (χ1) is 9.63. The van der Waals surface area contributed by atoms with Crippen molar-refractivity contribution < 1.29 is 18.3 Å². The molecule has 0 saturated carbocycles. The third-order valence-corrected chi connectivity index (χ3v) is 2.88. The van der Waals surface area contributed by atoms with Crippen LogP contribution in [0.2, 0.25) is 0 Å². The van der Waals surface area contributed by atoms with Crippen molar-refractivity contribution >= 4 is 0 Å². The molecule has 0 aliphatic rings. The number of methoxy groups -OCH3 is 1. The highest BCUT2D eigenvalue weighted by Crippen LogP contribution is 2.21. The molecule has 2 aromatic carbocycles. The maximum absolute atomic E-state index is 13.7. The first kappa shape index (κ1) is 14.3. The lowest BCUT2D eigenvalue weighted by Crippen LogP contribution is -2.02. The molecule has 3 nitrogen and oxygen atoms in total. The van der Waals surface area contributed by atoms with E-state index in [0.29, 0.717) is 16.9 Å². The van der Waals surface area contributed by atoms with Crippen LogP contribution in [0.1, 0.15) is 11.1 Å². The molecule has 2 N–H and O–H groups in total. The molecule has 0 fully saturated rings. The first-order valence-electron chi connectivity index (χ1n) is 6.07. The molecule has 0 radical (unpaired) electrons. The zero-order valence-corrected chi connectivity index (χ0v) is 11.0. The van der Waals surface area contributed by atoms with Gasteiger partial charge < -0.3 is 15.2 Å². The zero-order chi connectivity index (χ0) is 14.5. The molecule has 106 valence electrons. The Morgan fingerprint density at radius 1 is 1.05 bits per heavy atom. The molecular weight excluding hydrogens is 264 g/mol. The van der Waals surface area contributed by atoms with Gasteiger partial charge in [-0.1, -0.05) is 6.07 Å². The van der Waals surface area contributed by atoms with Gasteiger partial charge in [0.15, 0.2) is 11.6 Å². The number of halogens is 2. The maximum atomic E-state index is 13.7. The van der Waals surface area contributed by atoms with E-state index in [0.717, 1.165) is 0 Å². The van der Waals surface area contributed by atoms with Crippen molar-refractivity contribution in [3.8, 4) is 11.5 Å². The van der Waals surface area contributed by atoms with E-state index < -0.39 is 11.6 Å². The summed E-state index contributed by atoms with van der Waals surface area (Å²) >= 11 is 0. The van der Waals surface area contributed by atoms with Crippen molar-refractivity contribution in [2.24, 2.45) is 5.73 Å². The fraction of sp³-hybridized carbons (Fsp3) is 0.200. The smallest absolute Gasteiger partial charge is 0.165 e. The summed E-state index contributed by atoms with van der Waals surface area (Å²) in [6, 6.07) is 8.88. The summed E-state index contributed by atoms with van der Waals surface area (Å²) in [6.07, 6.45) is 0. The molecule has 0 heterocycles. The molecule has 5 heteroatoms. The van der Waals surface area contributed by atoms with Crippen molar-refractivity contribution in [1.82, 2.24) is 0 Å². The first-order valence-corrected chi connectivity index (χ1v) is 6.07. The number of hydrogen-bond acceptors (Lipinski definition) is 3. The Kier molecular flexibility index (Phi) is 4.53. The molecule has 0 saturated heterocycles. The third kappa shape index (κ3) is 3.24. The van der Waals surface area contributed by atoms with Gasteiger partial charge in [0.25, 0.3) is 0 Å². The highest BCUT2D eigenvalue weighted by Gasteiger charge is 2.08. The molecule has 0 unspecified atom stereocenters. The van der Waals surface area contributed by atoms with Crippen LogP contribution in [0, 0.1) is 11.6 Å². The minimum absolute atomic E-state index is 0.0608. The van der Waals surface area contributed by atoms with Gasteiger partial charge >= 0.3 is 0 Å². The highest BCUT2D eigenvalue weighted by molar-refractivity contribution is 5.31. The zero-order valence-electron chi connectivity index (χ0n) is 11.0. The molecule has 0 amide bonds. The molecule has 20 heavy (non-hydrogen) atoms. The average molecular weight is 279 g/mol. The van der Waals surface area contributed by atoms with Gasteiger partial charge in [0.05, 0.1) is 7.11 Å². The van der Waals surface area contributed by atoms with Crippen molar-refractivity contribution in [3.63, 3.8) is 0 Å². The highest BCUT2D eigenvalue weighted by atomic mass is 19.1. The monoisotopic (exact) mass is 279 g/mol. The normalized spacial score (nSPS) is 10.4. The Labute approximate surface area is 115 Å². The van der Waals surface area contributed by atoms with Gasteiger partial charge in [0.2, 0.25) is 0 Å². The minimum atomic E-state index is -0.512. The molecule has 0 spiro atoms. The van der Waals surface area contributed by atoms with Crippen LogP contribution in [-0.2, 0) is 13.2 Å². The van der Waals surface area contributed by atoms with Gasteiger partial charge in [0.1, 0.15) is 18.2 Å². The summed E-state index contributed by atoms with van der Waals surface area (Å²) in [5, 5.41) is 0. The number of hydrogen-bond donors (Lipinski definition) is 1.